The molecular formula is C15H16O3. The van der Waals surface area contributed by atoms with Crippen molar-refractivity contribution in [3.05, 3.63) is 65.7 Å². The van der Waals surface area contributed by atoms with E-state index >= 15 is 0 Å². The van der Waals surface area contributed by atoms with Crippen LogP contribution in [-0.4, -0.2) is 16.8 Å². The van der Waals surface area contributed by atoms with Crippen LogP contribution in [0, 0.1) is 0 Å². The second-order valence-corrected chi connectivity index (χ2v) is 4.04. The van der Waals surface area contributed by atoms with Gasteiger partial charge in [0, 0.05) is 0 Å². The number of rotatable bonds is 5. The molecule has 18 heavy (non-hydrogen) atoms. The van der Waals surface area contributed by atoms with Crippen LogP contribution in [0.2, 0.25) is 0 Å². The minimum Gasteiger partial charge on any atom is -0.489 e. The first-order valence-electron chi connectivity index (χ1n) is 5.85. The molecule has 2 rings (SSSR count). The Morgan fingerprint density at radius 3 is 2.22 bits per heavy atom. The van der Waals surface area contributed by atoms with Crippen LogP contribution in [0.25, 0.3) is 0 Å². The first-order valence-corrected chi connectivity index (χ1v) is 5.85. The van der Waals surface area contributed by atoms with E-state index in [1.807, 2.05) is 30.3 Å². The molecule has 3 heteroatoms. The van der Waals surface area contributed by atoms with Crippen molar-refractivity contribution in [2.75, 3.05) is 6.61 Å². The minimum atomic E-state index is -0.826. The van der Waals surface area contributed by atoms with E-state index in [1.165, 1.54) is 0 Å². The molecule has 0 aliphatic rings. The molecule has 0 radical (unpaired) electrons. The fraction of sp³-hybridized carbons (Fsp3) is 0.200. The molecule has 0 saturated heterocycles. The average molecular weight is 244 g/mol. The highest BCUT2D eigenvalue weighted by Gasteiger charge is 2.05. The van der Waals surface area contributed by atoms with Crippen molar-refractivity contribution in [2.24, 2.45) is 0 Å². The van der Waals surface area contributed by atoms with Crippen LogP contribution in [0.15, 0.2) is 54.6 Å². The molecule has 2 aromatic carbocycles. The lowest BCUT2D eigenvalue weighted by Gasteiger charge is -2.09. The molecule has 0 spiro atoms. The Morgan fingerprint density at radius 1 is 0.944 bits per heavy atom. The van der Waals surface area contributed by atoms with Gasteiger partial charge in [-0.25, -0.2) is 0 Å². The van der Waals surface area contributed by atoms with Gasteiger partial charge in [0.2, 0.25) is 0 Å². The van der Waals surface area contributed by atoms with Gasteiger partial charge in [-0.15, -0.1) is 0 Å². The number of hydrogen-bond acceptors (Lipinski definition) is 3. The summed E-state index contributed by atoms with van der Waals surface area (Å²) in [4.78, 5) is 0. The van der Waals surface area contributed by atoms with E-state index < -0.39 is 6.10 Å². The number of benzene rings is 2. The maximum absolute atomic E-state index is 9.44. The first kappa shape index (κ1) is 12.6. The van der Waals surface area contributed by atoms with E-state index in [4.69, 9.17) is 9.84 Å². The molecular weight excluding hydrogens is 228 g/mol. The maximum Gasteiger partial charge on any atom is 0.119 e. The molecule has 2 aromatic rings. The van der Waals surface area contributed by atoms with Gasteiger partial charge < -0.3 is 14.9 Å². The number of aliphatic hydroxyl groups is 2. The van der Waals surface area contributed by atoms with E-state index in [0.29, 0.717) is 12.2 Å². The zero-order chi connectivity index (χ0) is 12.8. The quantitative estimate of drug-likeness (QED) is 0.848. The van der Waals surface area contributed by atoms with E-state index in [0.717, 1.165) is 11.3 Å². The van der Waals surface area contributed by atoms with Gasteiger partial charge in [0.25, 0.3) is 0 Å². The summed E-state index contributed by atoms with van der Waals surface area (Å²) in [5.41, 5.74) is 1.79. The molecule has 0 aromatic heterocycles. The van der Waals surface area contributed by atoms with Crippen molar-refractivity contribution in [1.82, 2.24) is 0 Å². The lowest BCUT2D eigenvalue weighted by atomic mass is 10.1. The molecule has 94 valence electrons. The molecule has 0 unspecified atom stereocenters. The minimum absolute atomic E-state index is 0.274. The van der Waals surface area contributed by atoms with E-state index in [2.05, 4.69) is 0 Å². The molecule has 0 saturated carbocycles. The summed E-state index contributed by atoms with van der Waals surface area (Å²) in [6, 6.07) is 17.0. The van der Waals surface area contributed by atoms with Crippen LogP contribution in [0.5, 0.6) is 5.75 Å². The highest BCUT2D eigenvalue weighted by Crippen LogP contribution is 2.18. The summed E-state index contributed by atoms with van der Waals surface area (Å²) < 4.78 is 5.62. The predicted octanol–water partition coefficient (Wildman–Crippen LogP) is 2.29. The summed E-state index contributed by atoms with van der Waals surface area (Å²) in [7, 11) is 0. The number of hydrogen-bond donors (Lipinski definition) is 2. The smallest absolute Gasteiger partial charge is 0.119 e. The summed E-state index contributed by atoms with van der Waals surface area (Å²) >= 11 is 0. The monoisotopic (exact) mass is 244 g/mol. The Morgan fingerprint density at radius 2 is 1.61 bits per heavy atom. The second kappa shape index (κ2) is 6.19. The van der Waals surface area contributed by atoms with Crippen LogP contribution < -0.4 is 4.74 Å². The fourth-order valence-electron chi connectivity index (χ4n) is 1.63. The Labute approximate surface area is 106 Å². The van der Waals surface area contributed by atoms with Gasteiger partial charge in [0.05, 0.1) is 6.61 Å². The molecule has 0 heterocycles. The third kappa shape index (κ3) is 3.32. The Hall–Kier alpha value is -1.84. The van der Waals surface area contributed by atoms with E-state index in [-0.39, 0.29) is 6.61 Å². The lowest BCUT2D eigenvalue weighted by molar-refractivity contribution is 0.0955. The number of ether oxygens (including phenoxy) is 1. The van der Waals surface area contributed by atoms with Crippen LogP contribution in [0.3, 0.4) is 0 Å². The SMILES string of the molecule is OC[C@@H](O)c1ccc(OCc2ccccc2)cc1. The van der Waals surface area contributed by atoms with Crippen molar-refractivity contribution in [3.63, 3.8) is 0 Å². The third-order valence-electron chi connectivity index (χ3n) is 2.69. The van der Waals surface area contributed by atoms with E-state index in [1.54, 1.807) is 24.3 Å². The molecule has 3 nitrogen and oxygen atoms in total. The molecule has 0 bridgehead atoms. The summed E-state index contributed by atoms with van der Waals surface area (Å²) in [6.45, 7) is 0.243. The lowest BCUT2D eigenvalue weighted by Crippen LogP contribution is -2.02. The summed E-state index contributed by atoms with van der Waals surface area (Å²) in [6.07, 6.45) is -0.826. The third-order valence-corrected chi connectivity index (χ3v) is 2.69. The van der Waals surface area contributed by atoms with Crippen molar-refractivity contribution >= 4 is 0 Å². The van der Waals surface area contributed by atoms with Gasteiger partial charge in [-0.3, -0.25) is 0 Å². The van der Waals surface area contributed by atoms with Crippen molar-refractivity contribution in [2.45, 2.75) is 12.7 Å². The zero-order valence-electron chi connectivity index (χ0n) is 9.99. The summed E-state index contributed by atoms with van der Waals surface area (Å²) in [5.74, 6) is 0.743. The van der Waals surface area contributed by atoms with Crippen molar-refractivity contribution < 1.29 is 14.9 Å². The topological polar surface area (TPSA) is 49.7 Å². The normalized spacial score (nSPS) is 12.1. The molecule has 1 atom stereocenters. The van der Waals surface area contributed by atoms with Gasteiger partial charge in [-0.1, -0.05) is 42.5 Å². The van der Waals surface area contributed by atoms with E-state index in [9.17, 15) is 5.11 Å². The average Bonchev–Trinajstić information content (AvgIpc) is 2.46. The van der Waals surface area contributed by atoms with Crippen LogP contribution in [-0.2, 0) is 6.61 Å². The molecule has 0 aliphatic carbocycles. The van der Waals surface area contributed by atoms with Crippen molar-refractivity contribution in [1.29, 1.82) is 0 Å². The molecule has 2 N–H and O–H groups in total. The maximum atomic E-state index is 9.44. The molecule has 0 amide bonds. The van der Waals surface area contributed by atoms with Gasteiger partial charge in [0.15, 0.2) is 0 Å². The van der Waals surface area contributed by atoms with Gasteiger partial charge in [0.1, 0.15) is 18.5 Å². The standard InChI is InChI=1S/C15H16O3/c16-10-15(17)13-6-8-14(9-7-13)18-11-12-4-2-1-3-5-12/h1-9,15-17H,10-11H2/t15-/m1/s1. The van der Waals surface area contributed by atoms with Gasteiger partial charge >= 0.3 is 0 Å². The fourth-order valence-corrected chi connectivity index (χ4v) is 1.63. The van der Waals surface area contributed by atoms with Gasteiger partial charge in [-0.2, -0.15) is 0 Å². The second-order valence-electron chi connectivity index (χ2n) is 4.04. The predicted molar refractivity (Wildman–Crippen MR) is 69.3 cm³/mol. The largest absolute Gasteiger partial charge is 0.489 e. The Balaban J connectivity index is 1.94. The van der Waals surface area contributed by atoms with Gasteiger partial charge in [-0.05, 0) is 23.3 Å². The first-order chi connectivity index (χ1) is 8.79. The molecule has 0 fully saturated rings. The Kier molecular flexibility index (Phi) is 4.34. The number of aliphatic hydroxyl groups excluding tert-OH is 2. The van der Waals surface area contributed by atoms with Crippen LogP contribution in [0.1, 0.15) is 17.2 Å². The van der Waals surface area contributed by atoms with Crippen LogP contribution >= 0.6 is 0 Å². The van der Waals surface area contributed by atoms with Crippen LogP contribution in [0.4, 0.5) is 0 Å². The highest BCUT2D eigenvalue weighted by molar-refractivity contribution is 5.29. The van der Waals surface area contributed by atoms with Crippen molar-refractivity contribution in [3.8, 4) is 5.75 Å². The molecule has 0 aliphatic heterocycles. The highest BCUT2D eigenvalue weighted by atomic mass is 16.5. The Bertz CT molecular complexity index is 465. The zero-order valence-corrected chi connectivity index (χ0v) is 9.99. The summed E-state index contributed by atoms with van der Waals surface area (Å²) in [5, 5.41) is 18.3.